The number of benzene rings is 1. The Kier molecular flexibility index (Phi) is 7.23. The van der Waals surface area contributed by atoms with Crippen LogP contribution < -0.4 is 0 Å². The van der Waals surface area contributed by atoms with Gasteiger partial charge in [-0.25, -0.2) is 4.39 Å². The van der Waals surface area contributed by atoms with Crippen molar-refractivity contribution in [2.24, 2.45) is 12.0 Å². The first kappa shape index (κ1) is 20.3. The molecule has 0 N–H and O–H groups in total. The fourth-order valence-corrected chi connectivity index (χ4v) is 2.60. The zero-order valence-electron chi connectivity index (χ0n) is 16.0. The molecule has 1 amide bonds. The number of carbonyl (C=O) groups is 1. The van der Waals surface area contributed by atoms with Crippen LogP contribution in [0.3, 0.4) is 0 Å². The van der Waals surface area contributed by atoms with E-state index in [1.54, 1.807) is 21.8 Å². The highest BCUT2D eigenvalue weighted by Crippen LogP contribution is 2.22. The van der Waals surface area contributed by atoms with E-state index in [4.69, 9.17) is 0 Å². The third kappa shape index (κ3) is 5.23. The molecule has 0 atom stereocenters. The first-order valence-electron chi connectivity index (χ1n) is 8.84. The number of aromatic nitrogens is 2. The molecule has 1 aromatic heterocycles. The van der Waals surface area contributed by atoms with E-state index in [2.05, 4.69) is 16.7 Å². The van der Waals surface area contributed by atoms with Crippen molar-refractivity contribution in [3.8, 4) is 11.1 Å². The minimum Gasteiger partial charge on any atom is -0.333 e. The van der Waals surface area contributed by atoms with Crippen LogP contribution >= 0.6 is 0 Å². The summed E-state index contributed by atoms with van der Waals surface area (Å²) in [7, 11) is 1.81. The molecular formula is C21H25FN4O. The number of halogens is 1. The van der Waals surface area contributed by atoms with Crippen LogP contribution in [-0.4, -0.2) is 39.4 Å². The normalized spacial score (nSPS) is 11.8. The van der Waals surface area contributed by atoms with Gasteiger partial charge < -0.3 is 4.90 Å². The number of nitrogens with zero attached hydrogens (tertiary/aromatic N) is 4. The molecule has 0 fully saturated rings. The van der Waals surface area contributed by atoms with Crippen molar-refractivity contribution in [1.29, 1.82) is 0 Å². The Morgan fingerprint density at radius 3 is 2.74 bits per heavy atom. The van der Waals surface area contributed by atoms with Gasteiger partial charge in [0.2, 0.25) is 0 Å². The summed E-state index contributed by atoms with van der Waals surface area (Å²) in [5, 5.41) is 4.10. The van der Waals surface area contributed by atoms with Crippen molar-refractivity contribution < 1.29 is 9.18 Å². The minimum atomic E-state index is -0.353. The van der Waals surface area contributed by atoms with Gasteiger partial charge >= 0.3 is 0 Å². The fraction of sp³-hybridized carbons (Fsp3) is 0.286. The second-order valence-corrected chi connectivity index (χ2v) is 6.03. The Morgan fingerprint density at radius 1 is 1.41 bits per heavy atom. The second kappa shape index (κ2) is 9.62. The minimum absolute atomic E-state index is 0.172. The van der Waals surface area contributed by atoms with Crippen LogP contribution in [0.25, 0.3) is 11.1 Å². The summed E-state index contributed by atoms with van der Waals surface area (Å²) in [6, 6.07) is 5.01. The van der Waals surface area contributed by atoms with Gasteiger partial charge in [0.15, 0.2) is 0 Å². The van der Waals surface area contributed by atoms with E-state index in [0.717, 1.165) is 11.1 Å². The lowest BCUT2D eigenvalue weighted by Gasteiger charge is -2.21. The lowest BCUT2D eigenvalue weighted by Crippen LogP contribution is -2.35. The van der Waals surface area contributed by atoms with Crippen LogP contribution in [0.5, 0.6) is 0 Å². The van der Waals surface area contributed by atoms with Gasteiger partial charge in [0.25, 0.3) is 5.91 Å². The maximum Gasteiger partial charge on any atom is 0.272 e. The number of carbonyl (C=O) groups excluding carboxylic acids is 1. The van der Waals surface area contributed by atoms with Crippen molar-refractivity contribution in [2.75, 3.05) is 13.1 Å². The Balaban J connectivity index is 2.19. The van der Waals surface area contributed by atoms with Crippen molar-refractivity contribution in [1.82, 2.24) is 14.7 Å². The number of aryl methyl sites for hydroxylation is 1. The van der Waals surface area contributed by atoms with E-state index in [1.165, 1.54) is 12.1 Å². The molecule has 0 aliphatic heterocycles. The van der Waals surface area contributed by atoms with Gasteiger partial charge in [-0.05, 0) is 31.6 Å². The zero-order chi connectivity index (χ0) is 19.8. The Bertz CT molecular complexity index is 867. The first-order chi connectivity index (χ1) is 13.0. The quantitative estimate of drug-likeness (QED) is 0.526. The standard InChI is InChI=1S/C21H25FN4O/c1-5-8-11-23-20(6-2)21(27)26(7-3)15-17-10-9-16(12-19(17)22)18-13-24-25(4)14-18/h5-6,8-10,12-14H,2,7,11,15H2,1,3-4H3/b8-5-,23-20?. The fourth-order valence-electron chi connectivity index (χ4n) is 2.60. The maximum atomic E-state index is 14.6. The van der Waals surface area contributed by atoms with E-state index in [1.807, 2.05) is 45.3 Å². The summed E-state index contributed by atoms with van der Waals surface area (Å²) in [5.41, 5.74) is 2.33. The predicted molar refractivity (Wildman–Crippen MR) is 107 cm³/mol. The van der Waals surface area contributed by atoms with E-state index in [0.29, 0.717) is 18.7 Å². The van der Waals surface area contributed by atoms with Crippen molar-refractivity contribution in [3.05, 3.63) is 66.8 Å². The van der Waals surface area contributed by atoms with Crippen LogP contribution in [0, 0.1) is 5.82 Å². The monoisotopic (exact) mass is 368 g/mol. The number of rotatable bonds is 8. The van der Waals surface area contributed by atoms with Crippen LogP contribution in [0.4, 0.5) is 4.39 Å². The zero-order valence-corrected chi connectivity index (χ0v) is 16.0. The molecule has 2 rings (SSSR count). The van der Waals surface area contributed by atoms with Gasteiger partial charge in [-0.1, -0.05) is 30.9 Å². The topological polar surface area (TPSA) is 50.5 Å². The van der Waals surface area contributed by atoms with Crippen LogP contribution in [-0.2, 0) is 18.4 Å². The molecule has 0 saturated carbocycles. The lowest BCUT2D eigenvalue weighted by molar-refractivity contribution is -0.124. The molecule has 0 aliphatic carbocycles. The smallest absolute Gasteiger partial charge is 0.272 e. The number of allylic oxidation sites excluding steroid dienone is 1. The molecule has 0 saturated heterocycles. The van der Waals surface area contributed by atoms with Crippen LogP contribution in [0.15, 0.2) is 60.4 Å². The molecule has 2 aromatic rings. The highest BCUT2D eigenvalue weighted by molar-refractivity contribution is 6.43. The molecule has 27 heavy (non-hydrogen) atoms. The molecule has 0 aliphatic rings. The van der Waals surface area contributed by atoms with E-state index in [-0.39, 0.29) is 24.0 Å². The summed E-state index contributed by atoms with van der Waals surface area (Å²) in [6.45, 7) is 8.44. The number of hydrogen-bond donors (Lipinski definition) is 0. The summed E-state index contributed by atoms with van der Waals surface area (Å²) in [4.78, 5) is 18.5. The number of hydrogen-bond acceptors (Lipinski definition) is 3. The SMILES string of the molecule is C=CC(=NC/C=C\C)C(=O)N(CC)Cc1ccc(-c2cnn(C)c2)cc1F. The Hall–Kier alpha value is -3.02. The van der Waals surface area contributed by atoms with Gasteiger partial charge in [0, 0.05) is 37.5 Å². The molecule has 0 spiro atoms. The van der Waals surface area contributed by atoms with Gasteiger partial charge in [0.1, 0.15) is 11.5 Å². The van der Waals surface area contributed by atoms with Crippen molar-refractivity contribution >= 4 is 11.6 Å². The summed E-state index contributed by atoms with van der Waals surface area (Å²) in [5.74, 6) is -0.610. The third-order valence-electron chi connectivity index (χ3n) is 4.14. The predicted octanol–water partition coefficient (Wildman–Crippen LogP) is 3.78. The average molecular weight is 368 g/mol. The van der Waals surface area contributed by atoms with Crippen LogP contribution in [0.1, 0.15) is 19.4 Å². The third-order valence-corrected chi connectivity index (χ3v) is 4.14. The van der Waals surface area contributed by atoms with Gasteiger partial charge in [-0.3, -0.25) is 14.5 Å². The molecule has 1 aromatic carbocycles. The first-order valence-corrected chi connectivity index (χ1v) is 8.84. The van der Waals surface area contributed by atoms with Crippen LogP contribution in [0.2, 0.25) is 0 Å². The van der Waals surface area contributed by atoms with E-state index < -0.39 is 0 Å². The molecule has 0 radical (unpaired) electrons. The molecule has 0 bridgehead atoms. The highest BCUT2D eigenvalue weighted by atomic mass is 19.1. The van der Waals surface area contributed by atoms with Crippen molar-refractivity contribution in [2.45, 2.75) is 20.4 Å². The van der Waals surface area contributed by atoms with Crippen molar-refractivity contribution in [3.63, 3.8) is 0 Å². The largest absolute Gasteiger partial charge is 0.333 e. The molecular weight excluding hydrogens is 343 g/mol. The summed E-state index contributed by atoms with van der Waals surface area (Å²) < 4.78 is 16.3. The van der Waals surface area contributed by atoms with Gasteiger partial charge in [-0.15, -0.1) is 0 Å². The molecule has 0 unspecified atom stereocenters. The summed E-state index contributed by atoms with van der Waals surface area (Å²) in [6.07, 6.45) is 8.67. The van der Waals surface area contributed by atoms with E-state index in [9.17, 15) is 9.18 Å². The summed E-state index contributed by atoms with van der Waals surface area (Å²) >= 11 is 0. The molecule has 5 nitrogen and oxygen atoms in total. The lowest BCUT2D eigenvalue weighted by atomic mass is 10.1. The number of aliphatic imine (C=N–C) groups is 1. The molecule has 142 valence electrons. The van der Waals surface area contributed by atoms with Gasteiger partial charge in [-0.2, -0.15) is 5.10 Å². The highest BCUT2D eigenvalue weighted by Gasteiger charge is 2.18. The van der Waals surface area contributed by atoms with E-state index >= 15 is 0 Å². The Morgan fingerprint density at radius 2 is 2.19 bits per heavy atom. The number of amides is 1. The molecule has 6 heteroatoms. The molecule has 1 heterocycles. The Labute approximate surface area is 159 Å². The van der Waals surface area contributed by atoms with Gasteiger partial charge in [0.05, 0.1) is 12.7 Å². The maximum absolute atomic E-state index is 14.6. The average Bonchev–Trinajstić information content (AvgIpc) is 3.10. The second-order valence-electron chi connectivity index (χ2n) is 6.03.